The molecule has 0 unspecified atom stereocenters. The maximum Gasteiger partial charge on any atom is 0.341 e. The number of phenols is 1. The van der Waals surface area contributed by atoms with Crippen molar-refractivity contribution in [3.05, 3.63) is 23.3 Å². The van der Waals surface area contributed by atoms with E-state index >= 15 is 0 Å². The third-order valence-electron chi connectivity index (χ3n) is 1.79. The molecule has 0 fully saturated rings. The first kappa shape index (κ1) is 9.38. The Morgan fingerprint density at radius 2 is 2.15 bits per heavy atom. The number of ether oxygens (including phenoxy) is 1. The van der Waals surface area contributed by atoms with E-state index in [4.69, 9.17) is 5.73 Å². The summed E-state index contributed by atoms with van der Waals surface area (Å²) in [6, 6.07) is 2.83. The molecule has 1 aromatic rings. The number of phenolic OH excluding ortho intramolecular Hbond substituents is 1. The predicted octanol–water partition coefficient (Wildman–Crippen LogP) is 1.07. The zero-order valence-electron chi connectivity index (χ0n) is 7.50. The fourth-order valence-corrected chi connectivity index (χ4v) is 0.986. The van der Waals surface area contributed by atoms with E-state index in [0.717, 1.165) is 5.56 Å². The molecule has 4 nitrogen and oxygen atoms in total. The molecular formula is C9H11NO3. The Morgan fingerprint density at radius 1 is 1.54 bits per heavy atom. The van der Waals surface area contributed by atoms with Gasteiger partial charge in [-0.2, -0.15) is 0 Å². The van der Waals surface area contributed by atoms with Crippen molar-refractivity contribution in [3.63, 3.8) is 0 Å². The molecule has 70 valence electrons. The first-order valence-corrected chi connectivity index (χ1v) is 3.73. The topological polar surface area (TPSA) is 72.5 Å². The Labute approximate surface area is 75.9 Å². The molecule has 0 saturated heterocycles. The second-order valence-corrected chi connectivity index (χ2v) is 2.72. The maximum absolute atomic E-state index is 11.1. The number of methoxy groups -OCH3 is 1. The van der Waals surface area contributed by atoms with Gasteiger partial charge in [0, 0.05) is 11.8 Å². The van der Waals surface area contributed by atoms with Gasteiger partial charge in [0.25, 0.3) is 0 Å². The number of benzene rings is 1. The van der Waals surface area contributed by atoms with Crippen LogP contribution < -0.4 is 5.73 Å². The monoisotopic (exact) mass is 181 g/mol. The van der Waals surface area contributed by atoms with Gasteiger partial charge in [0.2, 0.25) is 0 Å². The molecule has 0 spiro atoms. The normalized spacial score (nSPS) is 9.69. The van der Waals surface area contributed by atoms with Crippen molar-refractivity contribution in [2.75, 3.05) is 12.8 Å². The molecule has 0 heterocycles. The molecule has 1 rings (SSSR count). The first-order valence-electron chi connectivity index (χ1n) is 3.73. The van der Waals surface area contributed by atoms with Crippen LogP contribution >= 0.6 is 0 Å². The van der Waals surface area contributed by atoms with E-state index in [1.54, 1.807) is 6.92 Å². The Kier molecular flexibility index (Phi) is 2.41. The lowest BCUT2D eigenvalue weighted by Gasteiger charge is -2.05. The van der Waals surface area contributed by atoms with Crippen molar-refractivity contribution in [2.24, 2.45) is 0 Å². The van der Waals surface area contributed by atoms with Gasteiger partial charge in [0.15, 0.2) is 0 Å². The number of esters is 1. The number of nitrogen functional groups attached to an aromatic ring is 1. The summed E-state index contributed by atoms with van der Waals surface area (Å²) >= 11 is 0. The predicted molar refractivity (Wildman–Crippen MR) is 48.6 cm³/mol. The third-order valence-corrected chi connectivity index (χ3v) is 1.79. The van der Waals surface area contributed by atoms with E-state index < -0.39 is 5.97 Å². The van der Waals surface area contributed by atoms with Gasteiger partial charge < -0.3 is 15.6 Å². The third kappa shape index (κ3) is 1.72. The number of nitrogens with two attached hydrogens (primary N) is 1. The lowest BCUT2D eigenvalue weighted by Crippen LogP contribution is -2.03. The smallest absolute Gasteiger partial charge is 0.341 e. The number of aromatic hydroxyl groups is 1. The van der Waals surface area contributed by atoms with E-state index in [-0.39, 0.29) is 11.3 Å². The van der Waals surface area contributed by atoms with E-state index in [0.29, 0.717) is 5.69 Å². The van der Waals surface area contributed by atoms with Gasteiger partial charge >= 0.3 is 5.97 Å². The minimum absolute atomic E-state index is 0.134. The largest absolute Gasteiger partial charge is 0.507 e. The summed E-state index contributed by atoms with van der Waals surface area (Å²) in [5, 5.41) is 9.34. The van der Waals surface area contributed by atoms with Crippen molar-refractivity contribution >= 4 is 11.7 Å². The fraction of sp³-hybridized carbons (Fsp3) is 0.222. The van der Waals surface area contributed by atoms with E-state index in [9.17, 15) is 9.90 Å². The Morgan fingerprint density at radius 3 is 2.69 bits per heavy atom. The summed E-state index contributed by atoms with van der Waals surface area (Å²) < 4.78 is 4.47. The van der Waals surface area contributed by atoms with Crippen LogP contribution in [0.5, 0.6) is 5.75 Å². The molecule has 0 aliphatic rings. The highest BCUT2D eigenvalue weighted by Gasteiger charge is 2.12. The second kappa shape index (κ2) is 3.35. The average Bonchev–Trinajstić information content (AvgIpc) is 2.10. The Balaban J connectivity index is 3.23. The number of anilines is 1. The summed E-state index contributed by atoms with van der Waals surface area (Å²) in [4.78, 5) is 11.1. The van der Waals surface area contributed by atoms with Crippen molar-refractivity contribution < 1.29 is 14.6 Å². The van der Waals surface area contributed by atoms with Crippen LogP contribution in [0.25, 0.3) is 0 Å². The highest BCUT2D eigenvalue weighted by molar-refractivity contribution is 5.93. The molecule has 0 aliphatic carbocycles. The van der Waals surface area contributed by atoms with Crippen LogP contribution in [-0.2, 0) is 4.74 Å². The number of aryl methyl sites for hydroxylation is 1. The number of hydrogen-bond acceptors (Lipinski definition) is 4. The van der Waals surface area contributed by atoms with Crippen LogP contribution in [0.1, 0.15) is 15.9 Å². The van der Waals surface area contributed by atoms with Crippen LogP contribution in [0.2, 0.25) is 0 Å². The van der Waals surface area contributed by atoms with E-state index in [1.807, 2.05) is 0 Å². The highest BCUT2D eigenvalue weighted by atomic mass is 16.5. The van der Waals surface area contributed by atoms with Gasteiger partial charge in [-0.15, -0.1) is 0 Å². The molecule has 3 N–H and O–H groups in total. The van der Waals surface area contributed by atoms with E-state index in [2.05, 4.69) is 4.74 Å². The summed E-state index contributed by atoms with van der Waals surface area (Å²) in [7, 11) is 1.26. The van der Waals surface area contributed by atoms with Crippen LogP contribution in [0.3, 0.4) is 0 Å². The van der Waals surface area contributed by atoms with Crippen molar-refractivity contribution in [3.8, 4) is 5.75 Å². The summed E-state index contributed by atoms with van der Waals surface area (Å²) in [6.07, 6.45) is 0. The zero-order valence-corrected chi connectivity index (χ0v) is 7.50. The molecule has 13 heavy (non-hydrogen) atoms. The van der Waals surface area contributed by atoms with Crippen LogP contribution in [0.4, 0.5) is 5.69 Å². The molecule has 1 aromatic carbocycles. The SMILES string of the molecule is COC(=O)c1cc(C)c(N)cc1O. The molecule has 0 aromatic heterocycles. The molecule has 0 atom stereocenters. The van der Waals surface area contributed by atoms with E-state index in [1.165, 1.54) is 19.2 Å². The van der Waals surface area contributed by atoms with Crippen LogP contribution in [-0.4, -0.2) is 18.2 Å². The molecule has 0 radical (unpaired) electrons. The number of rotatable bonds is 1. The van der Waals surface area contributed by atoms with Gasteiger partial charge in [-0.25, -0.2) is 4.79 Å². The number of carbonyl (C=O) groups is 1. The quantitative estimate of drug-likeness (QED) is 0.502. The number of hydrogen-bond donors (Lipinski definition) is 2. The van der Waals surface area contributed by atoms with Gasteiger partial charge in [-0.1, -0.05) is 0 Å². The average molecular weight is 181 g/mol. The second-order valence-electron chi connectivity index (χ2n) is 2.72. The van der Waals surface area contributed by atoms with Crippen molar-refractivity contribution in [1.82, 2.24) is 0 Å². The molecular weight excluding hydrogens is 170 g/mol. The maximum atomic E-state index is 11.1. The molecule has 0 saturated carbocycles. The van der Waals surface area contributed by atoms with Crippen molar-refractivity contribution in [1.29, 1.82) is 0 Å². The van der Waals surface area contributed by atoms with Gasteiger partial charge in [-0.05, 0) is 18.6 Å². The Hall–Kier alpha value is -1.71. The van der Waals surface area contributed by atoms with Crippen molar-refractivity contribution in [2.45, 2.75) is 6.92 Å². The first-order chi connectivity index (χ1) is 6.06. The minimum Gasteiger partial charge on any atom is -0.507 e. The van der Waals surface area contributed by atoms with Gasteiger partial charge in [-0.3, -0.25) is 0 Å². The summed E-state index contributed by atoms with van der Waals surface area (Å²) in [6.45, 7) is 1.75. The Bertz CT molecular complexity index is 347. The minimum atomic E-state index is -0.569. The lowest BCUT2D eigenvalue weighted by atomic mass is 10.1. The zero-order chi connectivity index (χ0) is 10.0. The molecule has 0 amide bonds. The fourth-order valence-electron chi connectivity index (χ4n) is 0.986. The molecule has 0 aliphatic heterocycles. The standard InChI is InChI=1S/C9H11NO3/c1-5-3-6(9(12)13-2)8(11)4-7(5)10/h3-4,11H,10H2,1-2H3. The van der Waals surface area contributed by atoms with Crippen LogP contribution in [0.15, 0.2) is 12.1 Å². The van der Waals surface area contributed by atoms with Crippen LogP contribution in [0, 0.1) is 6.92 Å². The van der Waals surface area contributed by atoms with Gasteiger partial charge in [0.1, 0.15) is 11.3 Å². The number of carbonyl (C=O) groups excluding carboxylic acids is 1. The molecule has 0 bridgehead atoms. The van der Waals surface area contributed by atoms with Gasteiger partial charge in [0.05, 0.1) is 7.11 Å². The molecule has 4 heteroatoms. The summed E-state index contributed by atoms with van der Waals surface area (Å²) in [5.41, 5.74) is 6.84. The highest BCUT2D eigenvalue weighted by Crippen LogP contribution is 2.24. The lowest BCUT2D eigenvalue weighted by molar-refractivity contribution is 0.0597. The summed E-state index contributed by atoms with van der Waals surface area (Å²) in [5.74, 6) is -0.726.